The van der Waals surface area contributed by atoms with Crippen LogP contribution in [-0.4, -0.2) is 123 Å². The number of nitrogens with zero attached hydrogens (tertiary/aromatic N) is 4. The number of nitrogen functional groups attached to an aromatic ring is 1. The molecule has 2 aromatic heterocycles. The largest absolute Gasteiger partial charge is 0.481 e. The van der Waals surface area contributed by atoms with Crippen LogP contribution in [0.15, 0.2) is 37.0 Å². The van der Waals surface area contributed by atoms with E-state index in [1.54, 1.807) is 0 Å². The second-order valence-electron chi connectivity index (χ2n) is 17.3. The molecule has 1 aliphatic heterocycles. The van der Waals surface area contributed by atoms with E-state index in [9.17, 15) is 57.9 Å². The van der Waals surface area contributed by atoms with Gasteiger partial charge in [-0.05, 0) is 38.5 Å². The number of allylic oxidation sites excluding steroid dienone is 4. The van der Waals surface area contributed by atoms with Crippen LogP contribution in [0.3, 0.4) is 0 Å². The SMILES string of the molecule is CCCCCC/C=C/C/C=C/CCCCCCCCCC(=O)SCCNC(=O)CCNC(=O)C(O)C(C)(C)COP(=O)(O)OP(=O)(O)OCC1OC(n2cnc3c(N)ncnc32)C(O)C1OP(=O)(O)O. The molecule has 398 valence electrons. The molecular formula is C42H72N7O17P3S. The van der Waals surface area contributed by atoms with Crippen LogP contribution < -0.4 is 16.4 Å². The number of ether oxygens (including phenoxy) is 1. The standard InChI is InChI=1S/C42H72N7O17P3S/c1-4-5-6-7-8-9-10-11-12-13-14-15-16-17-18-19-20-21-22-33(51)70-26-25-44-32(50)23-24-45-40(54)37(53)42(2,3)28-63-69(60,61)66-68(58,59)62-27-31-36(65-67(55,56)57)35(52)41(64-31)49-30-48-34-38(43)46-29-47-39(34)49/h9-10,12-13,29-31,35-37,41,52-53H,4-8,11,14-28H2,1-3H3,(H,44,50)(H,45,54)(H,58,59)(H,60,61)(H2,43,46,47)(H2,55,56,57)/b10-9+,13-12+. The number of unbranched alkanes of at least 4 members (excludes halogenated alkanes) is 11. The van der Waals surface area contributed by atoms with Gasteiger partial charge < -0.3 is 50.9 Å². The Balaban J connectivity index is 1.27. The Bertz CT molecular complexity index is 2140. The molecule has 7 unspecified atom stereocenters. The number of hydrogen-bond donors (Lipinski definition) is 9. The Kier molecular flexibility index (Phi) is 27.1. The second-order valence-corrected chi connectivity index (χ2v) is 22.7. The molecule has 0 spiro atoms. The molecule has 24 nitrogen and oxygen atoms in total. The molecule has 0 aliphatic carbocycles. The first-order valence-corrected chi connectivity index (χ1v) is 28.9. The number of rotatable bonds is 36. The van der Waals surface area contributed by atoms with Gasteiger partial charge >= 0.3 is 23.5 Å². The third-order valence-electron chi connectivity index (χ3n) is 10.8. The van der Waals surface area contributed by atoms with Gasteiger partial charge in [0.15, 0.2) is 22.8 Å². The van der Waals surface area contributed by atoms with E-state index in [0.29, 0.717) is 12.2 Å². The molecule has 1 fully saturated rings. The zero-order valence-electron chi connectivity index (χ0n) is 40.0. The molecule has 70 heavy (non-hydrogen) atoms. The molecule has 0 radical (unpaired) electrons. The van der Waals surface area contributed by atoms with Crippen molar-refractivity contribution in [1.29, 1.82) is 0 Å². The van der Waals surface area contributed by atoms with Crippen molar-refractivity contribution in [2.45, 2.75) is 154 Å². The summed E-state index contributed by atoms with van der Waals surface area (Å²) in [5.41, 5.74) is 4.29. The lowest BCUT2D eigenvalue weighted by Crippen LogP contribution is -2.46. The van der Waals surface area contributed by atoms with Crippen molar-refractivity contribution >= 4 is 69.1 Å². The zero-order valence-corrected chi connectivity index (χ0v) is 43.5. The third-order valence-corrected chi connectivity index (χ3v) is 14.9. The van der Waals surface area contributed by atoms with E-state index in [1.807, 2.05) is 0 Å². The van der Waals surface area contributed by atoms with Crippen LogP contribution in [0.2, 0.25) is 0 Å². The van der Waals surface area contributed by atoms with Gasteiger partial charge in [0.05, 0.1) is 19.5 Å². The highest BCUT2D eigenvalue weighted by Crippen LogP contribution is 2.61. The fourth-order valence-corrected chi connectivity index (χ4v) is 10.5. The number of phosphoric ester groups is 3. The first-order valence-electron chi connectivity index (χ1n) is 23.4. The Labute approximate surface area is 412 Å². The maximum atomic E-state index is 12.8. The highest BCUT2D eigenvalue weighted by Gasteiger charge is 2.50. The minimum Gasteiger partial charge on any atom is -0.386 e. The van der Waals surface area contributed by atoms with Crippen LogP contribution in [0.25, 0.3) is 11.2 Å². The number of nitrogens with two attached hydrogens (primary N) is 1. The number of aromatic nitrogens is 4. The number of aliphatic hydroxyl groups excluding tert-OH is 2. The lowest BCUT2D eigenvalue weighted by Gasteiger charge is -2.30. The number of thioether (sulfide) groups is 1. The van der Waals surface area contributed by atoms with E-state index in [4.69, 9.17) is 19.5 Å². The smallest absolute Gasteiger partial charge is 0.386 e. The molecule has 2 amide bonds. The Morgan fingerprint density at radius 3 is 2.16 bits per heavy atom. The highest BCUT2D eigenvalue weighted by molar-refractivity contribution is 8.13. The second kappa shape index (κ2) is 30.9. The predicted molar refractivity (Wildman–Crippen MR) is 260 cm³/mol. The minimum absolute atomic E-state index is 0.0328. The van der Waals surface area contributed by atoms with E-state index >= 15 is 0 Å². The molecule has 28 heteroatoms. The van der Waals surface area contributed by atoms with Crippen LogP contribution in [0, 0.1) is 5.41 Å². The molecular weight excluding hydrogens is 999 g/mol. The number of phosphoric acid groups is 3. The normalized spacial score (nSPS) is 20.0. The molecule has 1 saturated heterocycles. The minimum atomic E-state index is -5.58. The lowest BCUT2D eigenvalue weighted by molar-refractivity contribution is -0.137. The van der Waals surface area contributed by atoms with Gasteiger partial charge in [-0.1, -0.05) is 108 Å². The number of aliphatic hydroxyl groups is 2. The number of carbonyl (C=O) groups excluding carboxylic acids is 3. The maximum absolute atomic E-state index is 12.8. The maximum Gasteiger partial charge on any atom is 0.481 e. The summed E-state index contributed by atoms with van der Waals surface area (Å²) in [5.74, 6) is -1.03. The fraction of sp³-hybridized carbons (Fsp3) is 0.714. The molecule has 7 atom stereocenters. The van der Waals surface area contributed by atoms with E-state index < -0.39 is 84.6 Å². The summed E-state index contributed by atoms with van der Waals surface area (Å²) in [6.45, 7) is 2.79. The number of nitrogens with one attached hydrogen (secondary N) is 2. The van der Waals surface area contributed by atoms with Crippen LogP contribution in [0.1, 0.15) is 130 Å². The lowest BCUT2D eigenvalue weighted by atomic mass is 9.87. The van der Waals surface area contributed by atoms with Crippen molar-refractivity contribution in [3.63, 3.8) is 0 Å². The molecule has 0 saturated carbocycles. The van der Waals surface area contributed by atoms with Crippen LogP contribution in [-0.2, 0) is 50.7 Å². The van der Waals surface area contributed by atoms with Gasteiger partial charge in [0.25, 0.3) is 0 Å². The van der Waals surface area contributed by atoms with Gasteiger partial charge in [0, 0.05) is 37.1 Å². The summed E-state index contributed by atoms with van der Waals surface area (Å²) in [6, 6.07) is 0. The first-order chi connectivity index (χ1) is 33.1. The number of amides is 2. The van der Waals surface area contributed by atoms with E-state index in [0.717, 1.165) is 67.5 Å². The molecule has 2 aromatic rings. The molecule has 1 aliphatic rings. The number of anilines is 1. The van der Waals surface area contributed by atoms with Crippen molar-refractivity contribution in [2.75, 3.05) is 37.8 Å². The van der Waals surface area contributed by atoms with Gasteiger partial charge in [-0.25, -0.2) is 28.6 Å². The number of carbonyl (C=O) groups is 3. The summed E-state index contributed by atoms with van der Waals surface area (Å²) in [6.07, 6.45) is 18.8. The number of hydrogen-bond acceptors (Lipinski definition) is 18. The van der Waals surface area contributed by atoms with Crippen molar-refractivity contribution in [2.24, 2.45) is 5.41 Å². The Hall–Kier alpha value is -2.96. The fourth-order valence-electron chi connectivity index (χ4n) is 6.98. The van der Waals surface area contributed by atoms with Crippen molar-refractivity contribution < 1.29 is 80.5 Å². The average molecular weight is 1070 g/mol. The molecule has 0 aromatic carbocycles. The van der Waals surface area contributed by atoms with Crippen LogP contribution >= 0.6 is 35.2 Å². The highest BCUT2D eigenvalue weighted by atomic mass is 32.2. The topological polar surface area (TPSA) is 364 Å². The van der Waals surface area contributed by atoms with Gasteiger partial charge in [0.1, 0.15) is 36.3 Å². The summed E-state index contributed by atoms with van der Waals surface area (Å²) in [5, 5.41) is 26.7. The van der Waals surface area contributed by atoms with E-state index in [1.165, 1.54) is 65.2 Å². The summed E-state index contributed by atoms with van der Waals surface area (Å²) in [7, 11) is -16.4. The quantitative estimate of drug-likeness (QED) is 0.0226. The van der Waals surface area contributed by atoms with Crippen molar-refractivity contribution in [3.8, 4) is 0 Å². The third kappa shape index (κ3) is 23.3. The monoisotopic (exact) mass is 1070 g/mol. The zero-order chi connectivity index (χ0) is 51.8. The Morgan fingerprint density at radius 2 is 1.50 bits per heavy atom. The number of imidazole rings is 1. The van der Waals surface area contributed by atoms with Crippen molar-refractivity contribution in [3.05, 3.63) is 37.0 Å². The average Bonchev–Trinajstić information content (AvgIpc) is 3.85. The van der Waals surface area contributed by atoms with Crippen molar-refractivity contribution in [1.82, 2.24) is 30.2 Å². The van der Waals surface area contributed by atoms with E-state index in [-0.39, 0.29) is 41.6 Å². The number of fused-ring (bicyclic) bond motifs is 1. The van der Waals surface area contributed by atoms with Crippen LogP contribution in [0.5, 0.6) is 0 Å². The summed E-state index contributed by atoms with van der Waals surface area (Å²) >= 11 is 1.15. The van der Waals surface area contributed by atoms with Gasteiger partial charge in [-0.3, -0.25) is 32.5 Å². The predicted octanol–water partition coefficient (Wildman–Crippen LogP) is 5.65. The van der Waals surface area contributed by atoms with Crippen LogP contribution in [0.4, 0.5) is 5.82 Å². The summed E-state index contributed by atoms with van der Waals surface area (Å²) in [4.78, 5) is 88.5. The first kappa shape index (κ1) is 61.3. The Morgan fingerprint density at radius 1 is 0.871 bits per heavy atom. The molecule has 3 rings (SSSR count). The molecule has 10 N–H and O–H groups in total. The van der Waals surface area contributed by atoms with E-state index in [2.05, 4.69) is 65.6 Å². The van der Waals surface area contributed by atoms with Gasteiger partial charge in [-0.2, -0.15) is 4.31 Å². The summed E-state index contributed by atoms with van der Waals surface area (Å²) < 4.78 is 62.5. The molecule has 3 heterocycles. The van der Waals surface area contributed by atoms with Gasteiger partial charge in [0.2, 0.25) is 11.8 Å². The molecule has 0 bridgehead atoms. The van der Waals surface area contributed by atoms with Gasteiger partial charge in [-0.15, -0.1) is 0 Å².